The number of hydrogen-bond donors (Lipinski definition) is 0. The first kappa shape index (κ1) is 23.2. The third-order valence-corrected chi connectivity index (χ3v) is 6.80. The Labute approximate surface area is 194 Å². The number of ether oxygens (including phenoxy) is 3. The lowest BCUT2D eigenvalue weighted by molar-refractivity contribution is -0.131. The largest absolute Gasteiger partial charge is 0.494 e. The summed E-state index contributed by atoms with van der Waals surface area (Å²) in [5.74, 6) is 1.87. The maximum absolute atomic E-state index is 13.0. The van der Waals surface area contributed by atoms with Crippen LogP contribution in [0.3, 0.4) is 0 Å². The van der Waals surface area contributed by atoms with E-state index in [4.69, 9.17) is 14.2 Å². The lowest BCUT2D eigenvalue weighted by atomic mass is 10.1. The third kappa shape index (κ3) is 5.69. The number of sulfonamides is 1. The quantitative estimate of drug-likeness (QED) is 0.576. The van der Waals surface area contributed by atoms with Crippen LogP contribution < -0.4 is 18.5 Å². The van der Waals surface area contributed by atoms with Crippen molar-refractivity contribution in [1.29, 1.82) is 0 Å². The minimum atomic E-state index is -3.64. The highest BCUT2D eigenvalue weighted by atomic mass is 32.2. The first-order valence-corrected chi connectivity index (χ1v) is 12.8. The van der Waals surface area contributed by atoms with Gasteiger partial charge in [0.1, 0.15) is 12.3 Å². The molecule has 0 bridgehead atoms. The molecule has 0 radical (unpaired) electrons. The van der Waals surface area contributed by atoms with Crippen LogP contribution in [0, 0.1) is 0 Å². The molecule has 0 unspecified atom stereocenters. The van der Waals surface area contributed by atoms with Gasteiger partial charge in [0.25, 0.3) is 0 Å². The van der Waals surface area contributed by atoms with Crippen molar-refractivity contribution in [3.05, 3.63) is 48.0 Å². The molecule has 2 aliphatic rings. The lowest BCUT2D eigenvalue weighted by Gasteiger charge is -2.36. The predicted molar refractivity (Wildman–Crippen MR) is 124 cm³/mol. The molecule has 2 heterocycles. The molecule has 33 heavy (non-hydrogen) atoms. The summed E-state index contributed by atoms with van der Waals surface area (Å²) in [4.78, 5) is 17.0. The second-order valence-electron chi connectivity index (χ2n) is 8.04. The van der Waals surface area contributed by atoms with E-state index in [2.05, 4.69) is 4.90 Å². The van der Waals surface area contributed by atoms with Gasteiger partial charge in [-0.2, -0.15) is 0 Å². The molecular formula is C23H29N3O6S. The zero-order chi connectivity index (χ0) is 23.4. The number of piperazine rings is 1. The Balaban J connectivity index is 1.35. The number of carbonyl (C=O) groups is 1. The number of nitrogens with zero attached hydrogens (tertiary/aromatic N) is 3. The smallest absolute Gasteiger partial charge is 0.243 e. The van der Waals surface area contributed by atoms with E-state index in [9.17, 15) is 13.2 Å². The highest BCUT2D eigenvalue weighted by Crippen LogP contribution is 2.33. The number of anilines is 1. The molecule has 2 aliphatic heterocycles. The number of carbonyl (C=O) groups excluding carboxylic acids is 1. The molecule has 2 aromatic carbocycles. The molecule has 1 amide bonds. The molecule has 0 atom stereocenters. The van der Waals surface area contributed by atoms with Gasteiger partial charge in [-0.25, -0.2) is 8.42 Å². The Morgan fingerprint density at radius 2 is 1.82 bits per heavy atom. The van der Waals surface area contributed by atoms with Gasteiger partial charge < -0.3 is 19.1 Å². The molecule has 0 aromatic heterocycles. The summed E-state index contributed by atoms with van der Waals surface area (Å²) in [6.07, 6.45) is 1.11. The topological polar surface area (TPSA) is 88.6 Å². The Morgan fingerprint density at radius 1 is 1.06 bits per heavy atom. The fourth-order valence-electron chi connectivity index (χ4n) is 3.97. The Bertz CT molecular complexity index is 1100. The minimum Gasteiger partial charge on any atom is -0.494 e. The molecule has 1 fully saturated rings. The fraction of sp³-hybridized carbons (Fsp3) is 0.435. The molecule has 1 saturated heterocycles. The van der Waals surface area contributed by atoms with E-state index in [0.717, 1.165) is 34.2 Å². The summed E-state index contributed by atoms with van der Waals surface area (Å²) in [6.45, 7) is 5.58. The van der Waals surface area contributed by atoms with Crippen molar-refractivity contribution in [2.45, 2.75) is 13.5 Å². The standard InChI is InChI=1S/C23H29N3O6S/c1-3-30-20-6-4-5-19(14-20)26(33(2,28)29)16-23(27)25-11-9-24(10-12-25)15-18-7-8-21-22(13-18)32-17-31-21/h4-8,13-14H,3,9-12,15-17H2,1-2H3. The maximum atomic E-state index is 13.0. The monoisotopic (exact) mass is 475 g/mol. The van der Waals surface area contributed by atoms with Gasteiger partial charge in [0.05, 0.1) is 18.6 Å². The van der Waals surface area contributed by atoms with Crippen LogP contribution in [0.5, 0.6) is 17.2 Å². The highest BCUT2D eigenvalue weighted by molar-refractivity contribution is 7.92. The van der Waals surface area contributed by atoms with Gasteiger partial charge in [0.2, 0.25) is 22.7 Å². The normalized spacial score (nSPS) is 16.0. The second-order valence-corrected chi connectivity index (χ2v) is 9.95. The first-order valence-electron chi connectivity index (χ1n) is 10.9. The number of rotatable bonds is 8. The first-order chi connectivity index (χ1) is 15.8. The lowest BCUT2D eigenvalue weighted by Crippen LogP contribution is -2.51. The molecular weight excluding hydrogens is 446 g/mol. The van der Waals surface area contributed by atoms with Crippen molar-refractivity contribution in [1.82, 2.24) is 9.80 Å². The molecule has 9 nitrogen and oxygen atoms in total. The van der Waals surface area contributed by atoms with E-state index in [1.165, 1.54) is 0 Å². The molecule has 178 valence electrons. The summed E-state index contributed by atoms with van der Waals surface area (Å²) in [5.41, 5.74) is 1.54. The number of benzene rings is 2. The zero-order valence-electron chi connectivity index (χ0n) is 18.9. The number of hydrogen-bond acceptors (Lipinski definition) is 7. The van der Waals surface area contributed by atoms with E-state index < -0.39 is 10.0 Å². The highest BCUT2D eigenvalue weighted by Gasteiger charge is 2.27. The number of fused-ring (bicyclic) bond motifs is 1. The molecule has 10 heteroatoms. The van der Waals surface area contributed by atoms with Crippen LogP contribution in [0.15, 0.2) is 42.5 Å². The van der Waals surface area contributed by atoms with Gasteiger partial charge in [-0.3, -0.25) is 14.0 Å². The van der Waals surface area contributed by atoms with Crippen LogP contribution in [-0.2, 0) is 21.4 Å². The Morgan fingerprint density at radius 3 is 2.55 bits per heavy atom. The summed E-state index contributed by atoms with van der Waals surface area (Å²) in [7, 11) is -3.64. The average molecular weight is 476 g/mol. The molecule has 0 spiro atoms. The van der Waals surface area contributed by atoms with Crippen molar-refractivity contribution < 1.29 is 27.4 Å². The van der Waals surface area contributed by atoms with Crippen molar-refractivity contribution in [2.24, 2.45) is 0 Å². The van der Waals surface area contributed by atoms with Crippen LogP contribution in [0.2, 0.25) is 0 Å². The predicted octanol–water partition coefficient (Wildman–Crippen LogP) is 1.92. The van der Waals surface area contributed by atoms with Crippen LogP contribution in [0.4, 0.5) is 5.69 Å². The van der Waals surface area contributed by atoms with Crippen molar-refractivity contribution >= 4 is 21.6 Å². The van der Waals surface area contributed by atoms with E-state index >= 15 is 0 Å². The van der Waals surface area contributed by atoms with Gasteiger partial charge >= 0.3 is 0 Å². The van der Waals surface area contributed by atoms with E-state index in [-0.39, 0.29) is 19.2 Å². The zero-order valence-corrected chi connectivity index (χ0v) is 19.7. The third-order valence-electron chi connectivity index (χ3n) is 5.66. The van der Waals surface area contributed by atoms with Gasteiger partial charge in [-0.1, -0.05) is 12.1 Å². The van der Waals surface area contributed by atoms with Gasteiger partial charge in [0, 0.05) is 38.8 Å². The Hall–Kier alpha value is -2.98. The summed E-state index contributed by atoms with van der Waals surface area (Å²) >= 11 is 0. The van der Waals surface area contributed by atoms with Crippen molar-refractivity contribution in [3.8, 4) is 17.2 Å². The fourth-order valence-corrected chi connectivity index (χ4v) is 4.81. The molecule has 0 saturated carbocycles. The Kier molecular flexibility index (Phi) is 6.94. The van der Waals surface area contributed by atoms with Gasteiger partial charge in [-0.05, 0) is 36.8 Å². The van der Waals surface area contributed by atoms with Crippen LogP contribution in [-0.4, -0.2) is 76.5 Å². The average Bonchev–Trinajstić information content (AvgIpc) is 3.25. The van der Waals surface area contributed by atoms with Gasteiger partial charge in [0.15, 0.2) is 11.5 Å². The van der Waals surface area contributed by atoms with Crippen LogP contribution in [0.25, 0.3) is 0 Å². The van der Waals surface area contributed by atoms with Crippen molar-refractivity contribution in [3.63, 3.8) is 0 Å². The van der Waals surface area contributed by atoms with Crippen molar-refractivity contribution in [2.75, 3.05) is 56.7 Å². The van der Waals surface area contributed by atoms with Crippen LogP contribution in [0.1, 0.15) is 12.5 Å². The molecule has 4 rings (SSSR count). The second kappa shape index (κ2) is 9.88. The minimum absolute atomic E-state index is 0.218. The maximum Gasteiger partial charge on any atom is 0.243 e. The molecule has 2 aromatic rings. The summed E-state index contributed by atoms with van der Waals surface area (Å²) in [5, 5.41) is 0. The van der Waals surface area contributed by atoms with Gasteiger partial charge in [-0.15, -0.1) is 0 Å². The van der Waals surface area contributed by atoms with E-state index in [0.29, 0.717) is 44.2 Å². The molecule has 0 N–H and O–H groups in total. The summed E-state index contributed by atoms with van der Waals surface area (Å²) < 4.78 is 42.3. The van der Waals surface area contributed by atoms with E-state index in [1.807, 2.05) is 25.1 Å². The van der Waals surface area contributed by atoms with Crippen LogP contribution >= 0.6 is 0 Å². The van der Waals surface area contributed by atoms with E-state index in [1.54, 1.807) is 29.2 Å². The molecule has 0 aliphatic carbocycles. The summed E-state index contributed by atoms with van der Waals surface area (Å²) in [6, 6.07) is 12.7. The SMILES string of the molecule is CCOc1cccc(N(CC(=O)N2CCN(Cc3ccc4c(c3)OCO4)CC2)S(C)(=O)=O)c1. The number of amides is 1.